The number of hydrogen-bond donors (Lipinski definition) is 2. The zero-order chi connectivity index (χ0) is 22.6. The molecule has 0 aliphatic heterocycles. The highest BCUT2D eigenvalue weighted by Crippen LogP contribution is 2.34. The molecular formula is C20H16F3N3O4S. The van der Waals surface area contributed by atoms with Crippen LogP contribution in [0.4, 0.5) is 18.9 Å². The Morgan fingerprint density at radius 2 is 1.84 bits per heavy atom. The third-order valence-electron chi connectivity index (χ3n) is 3.98. The minimum absolute atomic E-state index is 0.0305. The Morgan fingerprint density at radius 1 is 1.06 bits per heavy atom. The average molecular weight is 451 g/mol. The average Bonchev–Trinajstić information content (AvgIpc) is 2.67. The molecule has 0 radical (unpaired) electrons. The van der Waals surface area contributed by atoms with Crippen LogP contribution in [-0.2, 0) is 27.4 Å². The third kappa shape index (κ3) is 6.27. The van der Waals surface area contributed by atoms with E-state index in [1.54, 1.807) is 18.3 Å². The number of carbonyl (C=O) groups is 1. The van der Waals surface area contributed by atoms with Crippen LogP contribution >= 0.6 is 0 Å². The number of ether oxygens (including phenoxy) is 1. The highest BCUT2D eigenvalue weighted by Gasteiger charge is 2.30. The van der Waals surface area contributed by atoms with Crippen molar-refractivity contribution in [3.8, 4) is 11.5 Å². The van der Waals surface area contributed by atoms with Crippen LogP contribution in [0.25, 0.3) is 0 Å². The first-order chi connectivity index (χ1) is 14.5. The van der Waals surface area contributed by atoms with Gasteiger partial charge in [-0.3, -0.25) is 9.78 Å². The number of amides is 1. The van der Waals surface area contributed by atoms with Crippen molar-refractivity contribution in [2.24, 2.45) is 5.14 Å². The Bertz CT molecular complexity index is 1200. The van der Waals surface area contributed by atoms with Crippen molar-refractivity contribution in [1.82, 2.24) is 4.98 Å². The number of benzene rings is 2. The predicted octanol–water partition coefficient (Wildman–Crippen LogP) is 3.72. The first-order valence-corrected chi connectivity index (χ1v) is 10.3. The second-order valence-electron chi connectivity index (χ2n) is 6.45. The van der Waals surface area contributed by atoms with Crippen molar-refractivity contribution >= 4 is 21.6 Å². The molecule has 7 nitrogen and oxygen atoms in total. The van der Waals surface area contributed by atoms with Crippen molar-refractivity contribution in [2.75, 3.05) is 5.32 Å². The molecule has 1 heterocycles. The summed E-state index contributed by atoms with van der Waals surface area (Å²) < 4.78 is 67.7. The maximum atomic E-state index is 12.9. The molecule has 0 bridgehead atoms. The van der Waals surface area contributed by atoms with Gasteiger partial charge in [-0.05, 0) is 35.9 Å². The molecule has 0 spiro atoms. The number of carbonyl (C=O) groups excluding carboxylic acids is 1. The van der Waals surface area contributed by atoms with Crippen LogP contribution in [0.2, 0.25) is 0 Å². The fraction of sp³-hybridized carbons (Fsp3) is 0.100. The summed E-state index contributed by atoms with van der Waals surface area (Å²) in [6.45, 7) is 0. The van der Waals surface area contributed by atoms with Gasteiger partial charge in [-0.15, -0.1) is 0 Å². The number of hydrogen-bond acceptors (Lipinski definition) is 5. The predicted molar refractivity (Wildman–Crippen MR) is 106 cm³/mol. The van der Waals surface area contributed by atoms with Gasteiger partial charge in [0.1, 0.15) is 11.5 Å². The molecule has 0 saturated carbocycles. The van der Waals surface area contributed by atoms with Crippen LogP contribution in [-0.4, -0.2) is 19.3 Å². The minimum Gasteiger partial charge on any atom is -0.457 e. The summed E-state index contributed by atoms with van der Waals surface area (Å²) in [5.41, 5.74) is -0.261. The standard InChI is InChI=1S/C20H16F3N3O4S/c21-20(22,23)14-4-1-5-16(8-14)30-17-9-15(10-18(11-17)31(24,28)29)26-19(27)7-13-3-2-6-25-12-13/h1-6,8-12H,7H2,(H,26,27)(H2,24,28,29). The number of nitrogens with zero attached hydrogens (tertiary/aromatic N) is 1. The molecule has 0 saturated heterocycles. The van der Waals surface area contributed by atoms with Crippen LogP contribution in [0, 0.1) is 0 Å². The maximum absolute atomic E-state index is 12.9. The third-order valence-corrected chi connectivity index (χ3v) is 4.87. The summed E-state index contributed by atoms with van der Waals surface area (Å²) in [6.07, 6.45) is -1.55. The highest BCUT2D eigenvalue weighted by atomic mass is 32.2. The first-order valence-electron chi connectivity index (χ1n) is 8.72. The van der Waals surface area contributed by atoms with E-state index in [-0.39, 0.29) is 28.5 Å². The number of primary sulfonamides is 1. The van der Waals surface area contributed by atoms with E-state index in [4.69, 9.17) is 9.88 Å². The summed E-state index contributed by atoms with van der Waals surface area (Å²) in [6, 6.07) is 10.9. The second-order valence-corrected chi connectivity index (χ2v) is 8.01. The Labute approximate surface area is 175 Å². The van der Waals surface area contributed by atoms with Crippen LogP contribution in [0.3, 0.4) is 0 Å². The van der Waals surface area contributed by atoms with Gasteiger partial charge in [0.15, 0.2) is 0 Å². The maximum Gasteiger partial charge on any atom is 0.416 e. The number of halogens is 3. The van der Waals surface area contributed by atoms with Gasteiger partial charge in [0.05, 0.1) is 16.9 Å². The number of nitrogens with two attached hydrogens (primary N) is 1. The molecule has 0 unspecified atom stereocenters. The largest absolute Gasteiger partial charge is 0.457 e. The molecule has 11 heteroatoms. The lowest BCUT2D eigenvalue weighted by Gasteiger charge is -2.13. The molecule has 3 rings (SSSR count). The smallest absolute Gasteiger partial charge is 0.416 e. The summed E-state index contributed by atoms with van der Waals surface area (Å²) >= 11 is 0. The number of nitrogens with one attached hydrogen (secondary N) is 1. The second kappa shape index (κ2) is 8.74. The molecule has 1 aromatic heterocycles. The molecule has 0 fully saturated rings. The quantitative estimate of drug-likeness (QED) is 0.593. The van der Waals surface area contributed by atoms with Crippen molar-refractivity contribution in [2.45, 2.75) is 17.5 Å². The van der Waals surface area contributed by atoms with Gasteiger partial charge in [-0.25, -0.2) is 13.6 Å². The normalized spacial score (nSPS) is 11.7. The van der Waals surface area contributed by atoms with Gasteiger partial charge in [-0.2, -0.15) is 13.2 Å². The van der Waals surface area contributed by atoms with E-state index in [2.05, 4.69) is 10.3 Å². The summed E-state index contributed by atoms with van der Waals surface area (Å²) in [5.74, 6) is -0.763. The number of aromatic nitrogens is 1. The van der Waals surface area contributed by atoms with Crippen molar-refractivity contribution in [3.63, 3.8) is 0 Å². The molecule has 0 aliphatic carbocycles. The Balaban J connectivity index is 1.88. The molecule has 0 atom stereocenters. The van der Waals surface area contributed by atoms with Crippen LogP contribution in [0.5, 0.6) is 11.5 Å². The Kier molecular flexibility index (Phi) is 6.27. The van der Waals surface area contributed by atoms with E-state index < -0.39 is 27.7 Å². The SMILES string of the molecule is NS(=O)(=O)c1cc(NC(=O)Cc2cccnc2)cc(Oc2cccc(C(F)(F)F)c2)c1. The van der Waals surface area contributed by atoms with Gasteiger partial charge >= 0.3 is 6.18 Å². The minimum atomic E-state index is -4.58. The van der Waals surface area contributed by atoms with Crippen molar-refractivity contribution in [3.05, 3.63) is 78.1 Å². The lowest BCUT2D eigenvalue weighted by atomic mass is 10.2. The van der Waals surface area contributed by atoms with Gasteiger partial charge in [-0.1, -0.05) is 12.1 Å². The van der Waals surface area contributed by atoms with E-state index in [1.807, 2.05) is 0 Å². The van der Waals surface area contributed by atoms with Crippen molar-refractivity contribution in [1.29, 1.82) is 0 Å². The van der Waals surface area contributed by atoms with E-state index in [1.165, 1.54) is 18.3 Å². The van der Waals surface area contributed by atoms with Gasteiger partial charge < -0.3 is 10.1 Å². The number of sulfonamides is 1. The molecule has 162 valence electrons. The van der Waals surface area contributed by atoms with E-state index >= 15 is 0 Å². The molecule has 2 aromatic carbocycles. The van der Waals surface area contributed by atoms with Crippen LogP contribution in [0.15, 0.2) is 71.9 Å². The van der Waals surface area contributed by atoms with E-state index in [9.17, 15) is 26.4 Å². The zero-order valence-corrected chi connectivity index (χ0v) is 16.6. The summed E-state index contributed by atoms with van der Waals surface area (Å²) in [4.78, 5) is 15.8. The first kappa shape index (κ1) is 22.2. The molecule has 3 aromatic rings. The molecule has 1 amide bonds. The van der Waals surface area contributed by atoms with Gasteiger partial charge in [0, 0.05) is 30.2 Å². The van der Waals surface area contributed by atoms with E-state index in [0.29, 0.717) is 5.56 Å². The van der Waals surface area contributed by atoms with Gasteiger partial charge in [0.2, 0.25) is 15.9 Å². The van der Waals surface area contributed by atoms with Crippen molar-refractivity contribution < 1.29 is 31.1 Å². The summed E-state index contributed by atoms with van der Waals surface area (Å²) in [5, 5.41) is 7.69. The number of anilines is 1. The van der Waals surface area contributed by atoms with E-state index in [0.717, 1.165) is 30.3 Å². The van der Waals surface area contributed by atoms with Gasteiger partial charge in [0.25, 0.3) is 0 Å². The topological polar surface area (TPSA) is 111 Å². The molecular weight excluding hydrogens is 435 g/mol. The number of pyridine rings is 1. The fourth-order valence-electron chi connectivity index (χ4n) is 2.63. The lowest BCUT2D eigenvalue weighted by molar-refractivity contribution is -0.137. The Morgan fingerprint density at radius 3 is 2.48 bits per heavy atom. The summed E-state index contributed by atoms with van der Waals surface area (Å²) in [7, 11) is -4.19. The molecule has 3 N–H and O–H groups in total. The molecule has 31 heavy (non-hydrogen) atoms. The van der Waals surface area contributed by atoms with Crippen LogP contribution < -0.4 is 15.2 Å². The number of alkyl halides is 3. The number of rotatable bonds is 6. The molecule has 0 aliphatic rings. The van der Waals surface area contributed by atoms with Crippen LogP contribution in [0.1, 0.15) is 11.1 Å². The fourth-order valence-corrected chi connectivity index (χ4v) is 3.20. The monoisotopic (exact) mass is 451 g/mol. The lowest BCUT2D eigenvalue weighted by Crippen LogP contribution is -2.16. The highest BCUT2D eigenvalue weighted by molar-refractivity contribution is 7.89. The zero-order valence-electron chi connectivity index (χ0n) is 15.8. The Hall–Kier alpha value is -3.44.